The van der Waals surface area contributed by atoms with Crippen molar-refractivity contribution in [1.82, 2.24) is 4.98 Å². The summed E-state index contributed by atoms with van der Waals surface area (Å²) in [7, 11) is 0. The van der Waals surface area contributed by atoms with Crippen LogP contribution in [0.1, 0.15) is 19.4 Å². The fourth-order valence-corrected chi connectivity index (χ4v) is 4.08. The number of nitrogens with one attached hydrogen (secondary N) is 1. The molecule has 162 valence electrons. The third kappa shape index (κ3) is 6.66. The van der Waals surface area contributed by atoms with Crippen LogP contribution in [0.5, 0.6) is 11.5 Å². The van der Waals surface area contributed by atoms with E-state index in [1.807, 2.05) is 54.8 Å². The number of carbonyl (C=O) groups is 1. The summed E-state index contributed by atoms with van der Waals surface area (Å²) >= 11 is 3.63. The monoisotopic (exact) mass is 551 g/mol. The molecule has 0 fully saturated rings. The van der Waals surface area contributed by atoms with E-state index in [0.717, 1.165) is 20.4 Å². The van der Waals surface area contributed by atoms with E-state index in [2.05, 4.69) is 38.1 Å². The number of carbonyl (C=O) groups excluding carboxylic acids is 1. The molecule has 0 amide bonds. The molecule has 1 N–H and O–H groups in total. The summed E-state index contributed by atoms with van der Waals surface area (Å²) in [4.78, 5) is 16.2. The highest BCUT2D eigenvalue weighted by Crippen LogP contribution is 2.34. The normalized spacial score (nSPS) is 10.8. The van der Waals surface area contributed by atoms with E-state index in [1.165, 1.54) is 11.3 Å². The Hall–Kier alpha value is -2.66. The summed E-state index contributed by atoms with van der Waals surface area (Å²) in [5, 5.41) is 6.97. The molecular weight excluding hydrogens is 529 g/mol. The highest BCUT2D eigenvalue weighted by atomic mass is 127. The molecule has 0 aliphatic heterocycles. The Balaban J connectivity index is 1.69. The van der Waals surface area contributed by atoms with Crippen molar-refractivity contribution in [2.45, 2.75) is 13.8 Å². The van der Waals surface area contributed by atoms with Gasteiger partial charge in [-0.15, -0.1) is 11.3 Å². The maximum atomic E-state index is 11.6. The lowest BCUT2D eigenvalue weighted by Crippen LogP contribution is -2.15. The van der Waals surface area contributed by atoms with Gasteiger partial charge in [-0.25, -0.2) is 9.78 Å². The average molecular weight is 551 g/mol. The summed E-state index contributed by atoms with van der Waals surface area (Å²) in [5.74, 6) is 0.628. The number of nitrogens with zero attached hydrogens (tertiary/aromatic N) is 2. The molecule has 0 saturated carbocycles. The first-order valence-electron chi connectivity index (χ1n) is 9.65. The van der Waals surface area contributed by atoms with Crippen molar-refractivity contribution < 1.29 is 19.0 Å². The number of hydrazone groups is 1. The molecule has 2 aromatic carbocycles. The number of thiazole rings is 1. The van der Waals surface area contributed by atoms with E-state index in [-0.39, 0.29) is 6.61 Å². The number of benzene rings is 2. The number of ether oxygens (including phenoxy) is 3. The van der Waals surface area contributed by atoms with Gasteiger partial charge in [-0.05, 0) is 54.1 Å². The highest BCUT2D eigenvalue weighted by molar-refractivity contribution is 14.1. The number of anilines is 1. The minimum Gasteiger partial charge on any atom is -0.490 e. The summed E-state index contributed by atoms with van der Waals surface area (Å²) in [5.41, 5.74) is 5.75. The minimum atomic E-state index is -0.422. The largest absolute Gasteiger partial charge is 0.490 e. The van der Waals surface area contributed by atoms with Crippen molar-refractivity contribution in [3.63, 3.8) is 0 Å². The first kappa shape index (κ1) is 23.0. The Labute approximate surface area is 198 Å². The summed E-state index contributed by atoms with van der Waals surface area (Å²) < 4.78 is 17.0. The first-order chi connectivity index (χ1) is 15.1. The van der Waals surface area contributed by atoms with E-state index in [4.69, 9.17) is 14.2 Å². The molecule has 3 rings (SSSR count). The number of esters is 1. The number of hydrogen-bond donors (Lipinski definition) is 1. The van der Waals surface area contributed by atoms with Gasteiger partial charge < -0.3 is 14.2 Å². The predicted octanol–water partition coefficient (Wildman–Crippen LogP) is 5.20. The van der Waals surface area contributed by atoms with Crippen molar-refractivity contribution in [1.29, 1.82) is 0 Å². The Kier molecular flexibility index (Phi) is 8.65. The molecule has 0 radical (unpaired) electrons. The van der Waals surface area contributed by atoms with Crippen LogP contribution < -0.4 is 14.9 Å². The first-order valence-corrected chi connectivity index (χ1v) is 11.6. The van der Waals surface area contributed by atoms with Gasteiger partial charge in [0, 0.05) is 10.9 Å². The Morgan fingerprint density at radius 2 is 2.00 bits per heavy atom. The zero-order valence-corrected chi connectivity index (χ0v) is 20.1. The minimum absolute atomic E-state index is 0.174. The highest BCUT2D eigenvalue weighted by Gasteiger charge is 2.14. The zero-order chi connectivity index (χ0) is 22.1. The maximum absolute atomic E-state index is 11.6. The van der Waals surface area contributed by atoms with Gasteiger partial charge in [0.15, 0.2) is 18.1 Å². The summed E-state index contributed by atoms with van der Waals surface area (Å²) in [6, 6.07) is 13.7. The topological polar surface area (TPSA) is 82.0 Å². The van der Waals surface area contributed by atoms with Crippen LogP contribution in [0.25, 0.3) is 11.3 Å². The molecule has 7 nitrogen and oxygen atoms in total. The van der Waals surface area contributed by atoms with E-state index < -0.39 is 5.97 Å². The van der Waals surface area contributed by atoms with Gasteiger partial charge in [0.1, 0.15) is 0 Å². The Morgan fingerprint density at radius 3 is 2.74 bits per heavy atom. The van der Waals surface area contributed by atoms with Crippen LogP contribution in [-0.4, -0.2) is 37.0 Å². The third-order valence-electron chi connectivity index (χ3n) is 3.92. The number of rotatable bonds is 10. The quantitative estimate of drug-likeness (QED) is 0.162. The fourth-order valence-electron chi connectivity index (χ4n) is 2.63. The van der Waals surface area contributed by atoms with E-state index >= 15 is 0 Å². The van der Waals surface area contributed by atoms with E-state index in [1.54, 1.807) is 13.1 Å². The van der Waals surface area contributed by atoms with Gasteiger partial charge in [0.2, 0.25) is 5.13 Å². The van der Waals surface area contributed by atoms with Gasteiger partial charge in [0.05, 0.1) is 28.7 Å². The van der Waals surface area contributed by atoms with Gasteiger partial charge >= 0.3 is 5.97 Å². The van der Waals surface area contributed by atoms with Crippen LogP contribution in [0.4, 0.5) is 5.13 Å². The van der Waals surface area contributed by atoms with Crippen LogP contribution in [0.2, 0.25) is 0 Å². The van der Waals surface area contributed by atoms with Gasteiger partial charge in [-0.3, -0.25) is 5.43 Å². The van der Waals surface area contributed by atoms with E-state index in [9.17, 15) is 4.79 Å². The molecule has 0 bridgehead atoms. The van der Waals surface area contributed by atoms with Gasteiger partial charge in [0.25, 0.3) is 0 Å². The second kappa shape index (κ2) is 11.7. The second-order valence-corrected chi connectivity index (χ2v) is 8.15. The lowest BCUT2D eigenvalue weighted by Gasteiger charge is -2.14. The lowest BCUT2D eigenvalue weighted by molar-refractivity contribution is -0.145. The molecular formula is C22H22IN3O4S. The molecule has 3 aromatic rings. The third-order valence-corrected chi connectivity index (χ3v) is 5.47. The zero-order valence-electron chi connectivity index (χ0n) is 17.1. The Bertz CT molecular complexity index is 1040. The number of halogens is 1. The number of aromatic nitrogens is 1. The van der Waals surface area contributed by atoms with Crippen LogP contribution in [0, 0.1) is 3.57 Å². The average Bonchev–Trinajstić information content (AvgIpc) is 3.23. The molecule has 1 heterocycles. The lowest BCUT2D eigenvalue weighted by atomic mass is 10.2. The van der Waals surface area contributed by atoms with E-state index in [0.29, 0.717) is 29.8 Å². The molecule has 31 heavy (non-hydrogen) atoms. The van der Waals surface area contributed by atoms with Crippen molar-refractivity contribution in [3.8, 4) is 22.8 Å². The number of hydrogen-bond acceptors (Lipinski definition) is 8. The van der Waals surface area contributed by atoms with Crippen LogP contribution in [0.3, 0.4) is 0 Å². The van der Waals surface area contributed by atoms with Crippen LogP contribution in [0.15, 0.2) is 52.9 Å². The van der Waals surface area contributed by atoms with Crippen molar-refractivity contribution in [2.75, 3.05) is 25.2 Å². The predicted molar refractivity (Wildman–Crippen MR) is 131 cm³/mol. The molecule has 0 unspecified atom stereocenters. The van der Waals surface area contributed by atoms with Crippen LogP contribution >= 0.6 is 33.9 Å². The molecule has 0 atom stereocenters. The van der Waals surface area contributed by atoms with Gasteiger partial charge in [-0.1, -0.05) is 30.3 Å². The maximum Gasteiger partial charge on any atom is 0.344 e. The molecule has 9 heteroatoms. The van der Waals surface area contributed by atoms with Crippen LogP contribution in [-0.2, 0) is 9.53 Å². The Morgan fingerprint density at radius 1 is 1.19 bits per heavy atom. The molecule has 0 aliphatic rings. The standard InChI is InChI=1S/C22H22IN3O4S/c1-3-28-19-11-15(10-17(23)21(19)30-13-20(27)29-4-2)12-24-26-22-25-18(14-31-22)16-8-6-5-7-9-16/h5-12,14H,3-4,13H2,1-2H3,(H,25,26). The summed E-state index contributed by atoms with van der Waals surface area (Å²) in [6.07, 6.45) is 1.68. The van der Waals surface area contributed by atoms with Gasteiger partial charge in [-0.2, -0.15) is 5.10 Å². The molecule has 0 saturated heterocycles. The SMILES string of the molecule is CCOC(=O)COc1c(I)cc(C=NNc2nc(-c3ccccc3)cs2)cc1OCC. The fraction of sp³-hybridized carbons (Fsp3) is 0.227. The summed E-state index contributed by atoms with van der Waals surface area (Å²) in [6.45, 7) is 4.24. The molecule has 0 aliphatic carbocycles. The van der Waals surface area contributed by atoms with Crippen molar-refractivity contribution in [2.24, 2.45) is 5.10 Å². The van der Waals surface area contributed by atoms with Crippen molar-refractivity contribution >= 4 is 51.2 Å². The second-order valence-electron chi connectivity index (χ2n) is 6.13. The molecule has 0 spiro atoms. The smallest absolute Gasteiger partial charge is 0.344 e. The van der Waals surface area contributed by atoms with Crippen molar-refractivity contribution in [3.05, 3.63) is 57.0 Å². The molecule has 1 aromatic heterocycles.